The summed E-state index contributed by atoms with van der Waals surface area (Å²) in [5, 5.41) is 10.4. The highest BCUT2D eigenvalue weighted by Gasteiger charge is 2.33. The molecule has 0 amide bonds. The minimum absolute atomic E-state index is 0.0366. The largest absolute Gasteiger partial charge is 0.469 e. The monoisotopic (exact) mass is 428 g/mol. The molecule has 1 aliphatic heterocycles. The number of hydrogen-bond donors (Lipinski definition) is 3. The number of carbonyl (C=O) groups excluding carboxylic acids is 1. The fourth-order valence-corrected chi connectivity index (χ4v) is 3.90. The molecule has 0 saturated heterocycles. The Hall–Kier alpha value is -1.50. The fraction of sp³-hybridized carbons (Fsp3) is 0.571. The predicted molar refractivity (Wildman–Crippen MR) is 112 cm³/mol. The van der Waals surface area contributed by atoms with Gasteiger partial charge in [0.1, 0.15) is 6.10 Å². The van der Waals surface area contributed by atoms with Crippen molar-refractivity contribution in [1.29, 1.82) is 0 Å². The molecule has 0 unspecified atom stereocenters. The molecule has 6 atom stereocenters. The summed E-state index contributed by atoms with van der Waals surface area (Å²) in [4.78, 5) is 30.1. The van der Waals surface area contributed by atoms with E-state index < -0.39 is 25.9 Å². The highest BCUT2D eigenvalue weighted by molar-refractivity contribution is 7.46. The maximum Gasteiger partial charge on any atom is 0.469 e. The number of allylic oxidation sites excluding steroid dienone is 5. The van der Waals surface area contributed by atoms with Crippen molar-refractivity contribution < 1.29 is 33.5 Å². The van der Waals surface area contributed by atoms with Crippen molar-refractivity contribution in [3.8, 4) is 0 Å². The minimum atomic E-state index is -4.73. The van der Waals surface area contributed by atoms with Crippen molar-refractivity contribution in [2.45, 2.75) is 58.8 Å². The topological polar surface area (TPSA) is 113 Å². The molecule has 0 bridgehead atoms. The average molecular weight is 428 g/mol. The number of hydrogen-bond acceptors (Lipinski definition) is 5. The third-order valence-electron chi connectivity index (χ3n) is 5.01. The van der Waals surface area contributed by atoms with Crippen LogP contribution in [0.3, 0.4) is 0 Å². The SMILES string of the molecule is C/C=C/C=C/C=C/[C@H](O)[C@H](C)[C@H](CC[C@H](C)[C@@H]1OC(=O)C=C[C@H]1C)OP(=O)(O)O. The molecule has 0 saturated carbocycles. The summed E-state index contributed by atoms with van der Waals surface area (Å²) in [5.74, 6) is -0.917. The van der Waals surface area contributed by atoms with Crippen LogP contribution in [0.5, 0.6) is 0 Å². The van der Waals surface area contributed by atoms with Gasteiger partial charge in [-0.2, -0.15) is 0 Å². The molecular formula is C21H33O7P. The van der Waals surface area contributed by atoms with Crippen LogP contribution in [0.4, 0.5) is 0 Å². The van der Waals surface area contributed by atoms with E-state index in [0.29, 0.717) is 12.8 Å². The first-order chi connectivity index (χ1) is 13.5. The summed E-state index contributed by atoms with van der Waals surface area (Å²) in [6.45, 7) is 7.45. The Bertz CT molecular complexity index is 677. The first kappa shape index (κ1) is 25.5. The third-order valence-corrected chi connectivity index (χ3v) is 5.55. The van der Waals surface area contributed by atoms with Gasteiger partial charge in [-0.15, -0.1) is 0 Å². The van der Waals surface area contributed by atoms with Gasteiger partial charge >= 0.3 is 13.8 Å². The lowest BCUT2D eigenvalue weighted by Crippen LogP contribution is -2.35. The van der Waals surface area contributed by atoms with Gasteiger partial charge in [-0.25, -0.2) is 9.36 Å². The lowest BCUT2D eigenvalue weighted by molar-refractivity contribution is -0.149. The van der Waals surface area contributed by atoms with Gasteiger partial charge in [0.15, 0.2) is 0 Å². The van der Waals surface area contributed by atoms with Gasteiger partial charge in [-0.05, 0) is 25.7 Å². The molecule has 0 aliphatic carbocycles. The standard InChI is InChI=1S/C21H33O7P/c1-5-6-7-8-9-10-18(22)17(4)19(28-29(24,25)26)13-11-15(2)21-16(3)12-14-20(23)27-21/h5-10,12,14-19,21-22H,11,13H2,1-4H3,(H2,24,25,26)/b6-5+,8-7+,10-9+/t15-,16+,17-,18-,19-,21-/m0/s1. The van der Waals surface area contributed by atoms with E-state index in [1.54, 1.807) is 37.3 Å². The van der Waals surface area contributed by atoms with Crippen LogP contribution < -0.4 is 0 Å². The minimum Gasteiger partial charge on any atom is -0.458 e. The zero-order valence-electron chi connectivity index (χ0n) is 17.4. The van der Waals surface area contributed by atoms with Crippen molar-refractivity contribution in [2.75, 3.05) is 0 Å². The Morgan fingerprint density at radius 1 is 1.21 bits per heavy atom. The second-order valence-corrected chi connectivity index (χ2v) is 8.65. The molecule has 1 rings (SSSR count). The molecule has 0 aromatic heterocycles. The Balaban J connectivity index is 2.77. The molecule has 29 heavy (non-hydrogen) atoms. The van der Waals surface area contributed by atoms with Crippen LogP contribution in [0.25, 0.3) is 0 Å². The van der Waals surface area contributed by atoms with Gasteiger partial charge < -0.3 is 19.6 Å². The number of phosphoric ester groups is 1. The molecule has 7 nitrogen and oxygen atoms in total. The molecule has 0 radical (unpaired) electrons. The molecule has 0 aromatic carbocycles. The second kappa shape index (κ2) is 12.3. The number of aliphatic hydroxyl groups excluding tert-OH is 1. The Morgan fingerprint density at radius 3 is 2.48 bits per heavy atom. The summed E-state index contributed by atoms with van der Waals surface area (Å²) in [7, 11) is -4.73. The summed E-state index contributed by atoms with van der Waals surface area (Å²) < 4.78 is 21.8. The van der Waals surface area contributed by atoms with Crippen molar-refractivity contribution >= 4 is 13.8 Å². The van der Waals surface area contributed by atoms with Crippen LogP contribution in [0.1, 0.15) is 40.5 Å². The number of rotatable bonds is 11. The molecule has 0 aromatic rings. The average Bonchev–Trinajstić information content (AvgIpc) is 2.64. The van der Waals surface area contributed by atoms with Gasteiger partial charge in [0.2, 0.25) is 0 Å². The third kappa shape index (κ3) is 9.70. The molecule has 1 aliphatic rings. The maximum absolute atomic E-state index is 11.5. The first-order valence-corrected chi connectivity index (χ1v) is 11.3. The van der Waals surface area contributed by atoms with Crippen molar-refractivity contribution in [1.82, 2.24) is 0 Å². The van der Waals surface area contributed by atoms with Gasteiger partial charge in [0.25, 0.3) is 0 Å². The maximum atomic E-state index is 11.5. The van der Waals surface area contributed by atoms with Gasteiger partial charge in [-0.3, -0.25) is 4.52 Å². The van der Waals surface area contributed by atoms with Crippen LogP contribution in [0.15, 0.2) is 48.6 Å². The molecule has 164 valence electrons. The van der Waals surface area contributed by atoms with Crippen LogP contribution in [0.2, 0.25) is 0 Å². The number of aliphatic hydroxyl groups is 1. The lowest BCUT2D eigenvalue weighted by Gasteiger charge is -2.32. The second-order valence-electron chi connectivity index (χ2n) is 7.45. The molecule has 0 fully saturated rings. The normalized spacial score (nSPS) is 24.9. The number of ether oxygens (including phenoxy) is 1. The quantitative estimate of drug-likeness (QED) is 0.261. The van der Waals surface area contributed by atoms with E-state index in [4.69, 9.17) is 9.26 Å². The molecular weight excluding hydrogens is 395 g/mol. The zero-order chi connectivity index (χ0) is 22.0. The molecule has 3 N–H and O–H groups in total. The number of esters is 1. The van der Waals surface area contributed by atoms with E-state index in [1.165, 1.54) is 6.08 Å². The first-order valence-electron chi connectivity index (χ1n) is 9.82. The predicted octanol–water partition coefficient (Wildman–Crippen LogP) is 3.68. The van der Waals surface area contributed by atoms with Crippen LogP contribution >= 0.6 is 7.82 Å². The lowest BCUT2D eigenvalue weighted by atomic mass is 9.85. The Kier molecular flexibility index (Phi) is 10.8. The van der Waals surface area contributed by atoms with Crippen molar-refractivity contribution in [3.63, 3.8) is 0 Å². The van der Waals surface area contributed by atoms with E-state index in [9.17, 15) is 24.3 Å². The summed E-state index contributed by atoms with van der Waals surface area (Å²) in [6.07, 6.45) is 12.4. The van der Waals surface area contributed by atoms with Gasteiger partial charge in [-0.1, -0.05) is 63.3 Å². The molecule has 0 spiro atoms. The zero-order valence-corrected chi connectivity index (χ0v) is 18.3. The number of carbonyl (C=O) groups is 1. The van der Waals surface area contributed by atoms with E-state index in [-0.39, 0.29) is 23.9 Å². The number of cyclic esters (lactones) is 1. The van der Waals surface area contributed by atoms with Gasteiger partial charge in [0.05, 0.1) is 12.2 Å². The van der Waals surface area contributed by atoms with Crippen LogP contribution in [-0.2, 0) is 18.6 Å². The summed E-state index contributed by atoms with van der Waals surface area (Å²) >= 11 is 0. The highest BCUT2D eigenvalue weighted by atomic mass is 31.2. The highest BCUT2D eigenvalue weighted by Crippen LogP contribution is 2.41. The summed E-state index contributed by atoms with van der Waals surface area (Å²) in [5.41, 5.74) is 0. The van der Waals surface area contributed by atoms with Crippen molar-refractivity contribution in [2.24, 2.45) is 17.8 Å². The number of phosphoric acid groups is 1. The van der Waals surface area contributed by atoms with E-state index in [0.717, 1.165) is 0 Å². The Morgan fingerprint density at radius 2 is 1.86 bits per heavy atom. The van der Waals surface area contributed by atoms with Crippen LogP contribution in [0, 0.1) is 17.8 Å². The summed E-state index contributed by atoms with van der Waals surface area (Å²) in [6, 6.07) is 0. The van der Waals surface area contributed by atoms with E-state index in [2.05, 4.69) is 0 Å². The van der Waals surface area contributed by atoms with Crippen LogP contribution in [-0.4, -0.2) is 39.2 Å². The van der Waals surface area contributed by atoms with E-state index in [1.807, 2.05) is 32.9 Å². The fourth-order valence-electron chi connectivity index (χ4n) is 3.25. The van der Waals surface area contributed by atoms with E-state index >= 15 is 0 Å². The smallest absolute Gasteiger partial charge is 0.458 e. The van der Waals surface area contributed by atoms with Gasteiger partial charge in [0, 0.05) is 17.9 Å². The van der Waals surface area contributed by atoms with Crippen molar-refractivity contribution in [3.05, 3.63) is 48.6 Å². The Labute approximate surface area is 173 Å². The molecule has 1 heterocycles. The molecule has 8 heteroatoms.